The van der Waals surface area contributed by atoms with Gasteiger partial charge in [-0.3, -0.25) is 9.59 Å². The van der Waals surface area contributed by atoms with Gasteiger partial charge in [-0.05, 0) is 57.9 Å². The van der Waals surface area contributed by atoms with Crippen LogP contribution in [0.1, 0.15) is 43.0 Å². The number of aryl methyl sites for hydroxylation is 2. The molecule has 1 N–H and O–H groups in total. The predicted octanol–water partition coefficient (Wildman–Crippen LogP) is 3.93. The summed E-state index contributed by atoms with van der Waals surface area (Å²) < 4.78 is 13.2. The second-order valence-corrected chi connectivity index (χ2v) is 7.66. The smallest absolute Gasteiger partial charge is 0.242 e. The van der Waals surface area contributed by atoms with E-state index in [0.29, 0.717) is 0 Å². The number of nitrogens with one attached hydrogen (secondary N) is 1. The summed E-state index contributed by atoms with van der Waals surface area (Å²) in [7, 11) is 0. The van der Waals surface area contributed by atoms with Crippen molar-refractivity contribution in [3.8, 4) is 0 Å². The van der Waals surface area contributed by atoms with Gasteiger partial charge in [-0.2, -0.15) is 0 Å². The Morgan fingerprint density at radius 1 is 0.964 bits per heavy atom. The van der Waals surface area contributed by atoms with Gasteiger partial charge in [0.05, 0.1) is 6.42 Å². The molecule has 2 aromatic rings. The monoisotopic (exact) mass is 384 g/mol. The zero-order chi connectivity index (χ0) is 20.8. The zero-order valence-electron chi connectivity index (χ0n) is 17.3. The van der Waals surface area contributed by atoms with Crippen LogP contribution in [-0.4, -0.2) is 28.8 Å². The summed E-state index contributed by atoms with van der Waals surface area (Å²) >= 11 is 0. The van der Waals surface area contributed by atoms with Crippen LogP contribution in [0.2, 0.25) is 0 Å². The summed E-state index contributed by atoms with van der Waals surface area (Å²) in [4.78, 5) is 27.2. The van der Waals surface area contributed by atoms with E-state index in [0.717, 1.165) is 22.3 Å². The number of rotatable bonds is 7. The molecule has 0 bridgehead atoms. The molecule has 0 aliphatic carbocycles. The Labute approximate surface area is 166 Å². The molecule has 28 heavy (non-hydrogen) atoms. The largest absolute Gasteiger partial charge is 0.352 e. The van der Waals surface area contributed by atoms with Crippen molar-refractivity contribution in [1.82, 2.24) is 10.2 Å². The number of halogens is 1. The first-order chi connectivity index (χ1) is 13.2. The van der Waals surface area contributed by atoms with Crippen LogP contribution in [-0.2, 0) is 22.6 Å². The van der Waals surface area contributed by atoms with Crippen LogP contribution < -0.4 is 5.32 Å². The van der Waals surface area contributed by atoms with E-state index < -0.39 is 6.04 Å². The van der Waals surface area contributed by atoms with Crippen molar-refractivity contribution in [2.75, 3.05) is 0 Å². The minimum atomic E-state index is -0.633. The number of hydrogen-bond acceptors (Lipinski definition) is 2. The van der Waals surface area contributed by atoms with Crippen molar-refractivity contribution in [3.63, 3.8) is 0 Å². The molecule has 5 heteroatoms. The Balaban J connectivity index is 2.25. The van der Waals surface area contributed by atoms with Gasteiger partial charge >= 0.3 is 0 Å². The highest BCUT2D eigenvalue weighted by atomic mass is 19.1. The number of carbonyl (C=O) groups excluding carboxylic acids is 2. The Kier molecular flexibility index (Phi) is 7.32. The quantitative estimate of drug-likeness (QED) is 0.786. The highest BCUT2D eigenvalue weighted by molar-refractivity contribution is 5.88. The molecule has 1 unspecified atom stereocenters. The molecule has 2 rings (SSSR count). The van der Waals surface area contributed by atoms with Crippen molar-refractivity contribution in [2.24, 2.45) is 0 Å². The molecular weight excluding hydrogens is 355 g/mol. The number of carbonyl (C=O) groups is 2. The van der Waals surface area contributed by atoms with Gasteiger partial charge in [0.15, 0.2) is 0 Å². The minimum absolute atomic E-state index is 0.0165. The first-order valence-electron chi connectivity index (χ1n) is 9.57. The lowest BCUT2D eigenvalue weighted by molar-refractivity contribution is -0.140. The van der Waals surface area contributed by atoms with Gasteiger partial charge in [0, 0.05) is 12.6 Å². The lowest BCUT2D eigenvalue weighted by Gasteiger charge is -2.29. The van der Waals surface area contributed by atoms with E-state index in [1.54, 1.807) is 24.0 Å². The fraction of sp³-hybridized carbons (Fsp3) is 0.391. The third kappa shape index (κ3) is 6.19. The average Bonchev–Trinajstić information content (AvgIpc) is 2.59. The molecule has 0 aromatic heterocycles. The molecule has 0 spiro atoms. The van der Waals surface area contributed by atoms with E-state index >= 15 is 0 Å². The Hall–Kier alpha value is -2.69. The maximum Gasteiger partial charge on any atom is 0.242 e. The van der Waals surface area contributed by atoms with Crippen molar-refractivity contribution in [3.05, 3.63) is 70.5 Å². The minimum Gasteiger partial charge on any atom is -0.352 e. The normalized spacial score (nSPS) is 12.0. The van der Waals surface area contributed by atoms with Crippen LogP contribution in [0.25, 0.3) is 0 Å². The summed E-state index contributed by atoms with van der Waals surface area (Å²) in [5.41, 5.74) is 3.89. The summed E-state index contributed by atoms with van der Waals surface area (Å²) in [5, 5.41) is 2.86. The number of amides is 2. The van der Waals surface area contributed by atoms with Gasteiger partial charge in [0.1, 0.15) is 11.9 Å². The van der Waals surface area contributed by atoms with Crippen LogP contribution in [0.5, 0.6) is 0 Å². The zero-order valence-corrected chi connectivity index (χ0v) is 17.3. The Morgan fingerprint density at radius 2 is 1.54 bits per heavy atom. The van der Waals surface area contributed by atoms with Crippen LogP contribution in [0, 0.1) is 19.7 Å². The second-order valence-electron chi connectivity index (χ2n) is 7.66. The van der Waals surface area contributed by atoms with E-state index in [1.165, 1.54) is 12.1 Å². The molecule has 0 fully saturated rings. The summed E-state index contributed by atoms with van der Waals surface area (Å²) in [5.74, 6) is -0.672. The Morgan fingerprint density at radius 3 is 2.07 bits per heavy atom. The van der Waals surface area contributed by atoms with Crippen LogP contribution in [0.4, 0.5) is 4.39 Å². The van der Waals surface area contributed by atoms with Gasteiger partial charge in [0.25, 0.3) is 0 Å². The third-order valence-electron chi connectivity index (χ3n) is 4.50. The molecule has 0 aliphatic rings. The summed E-state index contributed by atoms with van der Waals surface area (Å²) in [6.07, 6.45) is 0.211. The molecule has 0 saturated carbocycles. The third-order valence-corrected chi connectivity index (χ3v) is 4.50. The average molecular weight is 384 g/mol. The lowest BCUT2D eigenvalue weighted by Crippen LogP contribution is -2.49. The van der Waals surface area contributed by atoms with Crippen molar-refractivity contribution < 1.29 is 14.0 Å². The van der Waals surface area contributed by atoms with Crippen LogP contribution >= 0.6 is 0 Å². The molecule has 1 atom stereocenters. The maximum atomic E-state index is 13.2. The van der Waals surface area contributed by atoms with Crippen molar-refractivity contribution in [2.45, 2.75) is 59.7 Å². The molecule has 0 radical (unpaired) electrons. The first-order valence-corrected chi connectivity index (χ1v) is 9.57. The van der Waals surface area contributed by atoms with Gasteiger partial charge < -0.3 is 10.2 Å². The maximum absolute atomic E-state index is 13.2. The fourth-order valence-electron chi connectivity index (χ4n) is 3.22. The molecule has 0 aliphatic heterocycles. The first kappa shape index (κ1) is 21.6. The topological polar surface area (TPSA) is 49.4 Å². The van der Waals surface area contributed by atoms with E-state index in [-0.39, 0.29) is 36.6 Å². The van der Waals surface area contributed by atoms with E-state index in [1.807, 2.05) is 39.8 Å². The molecule has 150 valence electrons. The lowest BCUT2D eigenvalue weighted by atomic mass is 10.0. The number of hydrogen-bond donors (Lipinski definition) is 1. The van der Waals surface area contributed by atoms with Gasteiger partial charge in [-0.25, -0.2) is 4.39 Å². The van der Waals surface area contributed by atoms with E-state index in [4.69, 9.17) is 0 Å². The molecule has 4 nitrogen and oxygen atoms in total. The molecular formula is C23H29FN2O2. The predicted molar refractivity (Wildman–Crippen MR) is 109 cm³/mol. The summed E-state index contributed by atoms with van der Waals surface area (Å²) in [6.45, 7) is 9.72. The van der Waals surface area contributed by atoms with Crippen LogP contribution in [0.15, 0.2) is 42.5 Å². The van der Waals surface area contributed by atoms with Crippen LogP contribution in [0.3, 0.4) is 0 Å². The molecule has 2 amide bonds. The highest BCUT2D eigenvalue weighted by Gasteiger charge is 2.26. The van der Waals surface area contributed by atoms with Gasteiger partial charge in [-0.1, -0.05) is 41.5 Å². The number of nitrogens with zero attached hydrogens (tertiary/aromatic N) is 1. The summed E-state index contributed by atoms with van der Waals surface area (Å²) in [6, 6.07) is 11.4. The molecule has 0 saturated heterocycles. The van der Waals surface area contributed by atoms with E-state index in [2.05, 4.69) is 11.4 Å². The molecule has 2 aromatic carbocycles. The van der Waals surface area contributed by atoms with Crippen molar-refractivity contribution >= 4 is 11.8 Å². The van der Waals surface area contributed by atoms with Gasteiger partial charge in [-0.15, -0.1) is 0 Å². The standard InChI is InChI=1S/C23H29FN2O2/c1-15(2)25-23(28)18(5)26(14-19-6-8-21(24)9-7-19)22(27)13-20-11-16(3)10-17(4)12-20/h6-12,15,18H,13-14H2,1-5H3,(H,25,28). The SMILES string of the molecule is Cc1cc(C)cc(CC(=O)N(Cc2ccc(F)cc2)C(C)C(=O)NC(C)C)c1. The number of benzene rings is 2. The van der Waals surface area contributed by atoms with Gasteiger partial charge in [0.2, 0.25) is 11.8 Å². The van der Waals surface area contributed by atoms with Crippen molar-refractivity contribution in [1.29, 1.82) is 0 Å². The second kappa shape index (κ2) is 9.49. The van der Waals surface area contributed by atoms with E-state index in [9.17, 15) is 14.0 Å². The Bertz CT molecular complexity index is 811. The highest BCUT2D eigenvalue weighted by Crippen LogP contribution is 2.15. The molecule has 0 heterocycles. The fourth-order valence-corrected chi connectivity index (χ4v) is 3.22.